The molecule has 0 amide bonds. The van der Waals surface area contributed by atoms with Gasteiger partial charge in [-0.15, -0.1) is 0 Å². The Morgan fingerprint density at radius 3 is 3.05 bits per heavy atom. The van der Waals surface area contributed by atoms with Crippen molar-refractivity contribution in [3.63, 3.8) is 0 Å². The summed E-state index contributed by atoms with van der Waals surface area (Å²) in [5, 5.41) is 4.21. The van der Waals surface area contributed by atoms with Crippen molar-refractivity contribution >= 4 is 22.6 Å². The molecule has 0 saturated heterocycles. The van der Waals surface area contributed by atoms with E-state index in [1.807, 2.05) is 0 Å². The molecule has 0 fully saturated rings. The number of allylic oxidation sites excluding steroid dienone is 1. The average molecular weight is 311 g/mol. The molecule has 22 heavy (non-hydrogen) atoms. The molecule has 1 aromatic heterocycles. The molecule has 1 aliphatic heterocycles. The van der Waals surface area contributed by atoms with Gasteiger partial charge in [-0.1, -0.05) is 19.9 Å². The molecule has 0 atom stereocenters. The van der Waals surface area contributed by atoms with Gasteiger partial charge in [-0.2, -0.15) is 11.3 Å². The van der Waals surface area contributed by atoms with Crippen LogP contribution in [-0.2, 0) is 6.42 Å². The fraction of sp³-hybridized carbons (Fsp3) is 0.316. The molecule has 0 saturated carbocycles. The van der Waals surface area contributed by atoms with Crippen LogP contribution in [0.25, 0.3) is 5.57 Å². The quantitative estimate of drug-likeness (QED) is 0.689. The molecule has 0 radical (unpaired) electrons. The highest BCUT2D eigenvalue weighted by atomic mass is 32.1. The summed E-state index contributed by atoms with van der Waals surface area (Å²) in [6.07, 6.45) is 3.22. The Bertz CT molecular complexity index is 685. The Morgan fingerprint density at radius 2 is 2.27 bits per heavy atom. The average Bonchev–Trinajstić information content (AvgIpc) is 3.08. The first kappa shape index (κ1) is 15.0. The normalized spacial score (nSPS) is 13.4. The number of hydrogen-bond donors (Lipinski definition) is 0. The lowest BCUT2D eigenvalue weighted by atomic mass is 9.91. The van der Waals surface area contributed by atoms with E-state index < -0.39 is 0 Å². The van der Waals surface area contributed by atoms with Crippen molar-refractivity contribution in [1.82, 2.24) is 0 Å². The smallest absolute Gasteiger partial charge is 0.119 e. The van der Waals surface area contributed by atoms with Crippen LogP contribution in [0.4, 0.5) is 0 Å². The van der Waals surface area contributed by atoms with Gasteiger partial charge in [0.2, 0.25) is 0 Å². The highest BCUT2D eigenvalue weighted by molar-refractivity contribution is 7.08. The molecule has 0 unspecified atom stereocenters. The first-order valence-corrected chi connectivity index (χ1v) is 8.76. The molecule has 2 heterocycles. The van der Waals surface area contributed by atoms with Gasteiger partial charge in [-0.05, 0) is 59.0 Å². The van der Waals surface area contributed by atoms with Gasteiger partial charge in [0.05, 0.1) is 12.3 Å². The minimum Gasteiger partial charge on any atom is -0.494 e. The van der Waals surface area contributed by atoms with Gasteiger partial charge < -0.3 is 4.74 Å². The molecule has 3 rings (SSSR count). The topological polar surface area (TPSA) is 21.6 Å². The summed E-state index contributed by atoms with van der Waals surface area (Å²) >= 11 is 1.69. The maximum atomic E-state index is 5.82. The van der Waals surface area contributed by atoms with Gasteiger partial charge in [0.1, 0.15) is 5.75 Å². The van der Waals surface area contributed by atoms with E-state index in [2.05, 4.69) is 48.5 Å². The third-order valence-electron chi connectivity index (χ3n) is 3.90. The summed E-state index contributed by atoms with van der Waals surface area (Å²) < 4.78 is 5.82. The lowest BCUT2D eigenvalue weighted by Crippen LogP contribution is -2.14. The van der Waals surface area contributed by atoms with Gasteiger partial charge in [0.25, 0.3) is 0 Å². The number of fused-ring (bicyclic) bond motifs is 1. The standard InChI is InChI=1S/C19H21NOS/c1-3-4-10-21-17-5-6-18-15(12-17)7-9-20-19(18)14(2)16-8-11-22-13-16/h5-6,8,11-13H,2-4,7,9-10H2,1H3. The van der Waals surface area contributed by atoms with Crippen molar-refractivity contribution in [3.8, 4) is 5.75 Å². The van der Waals surface area contributed by atoms with E-state index in [1.165, 1.54) is 16.7 Å². The van der Waals surface area contributed by atoms with E-state index in [9.17, 15) is 0 Å². The number of aliphatic imine (C=N–C) groups is 1. The fourth-order valence-corrected chi connectivity index (χ4v) is 3.31. The molecular formula is C19H21NOS. The van der Waals surface area contributed by atoms with Crippen molar-refractivity contribution in [1.29, 1.82) is 0 Å². The number of thiophene rings is 1. The molecule has 0 spiro atoms. The zero-order chi connectivity index (χ0) is 15.4. The Kier molecular flexibility index (Phi) is 4.74. The Hall–Kier alpha value is -1.87. The zero-order valence-corrected chi connectivity index (χ0v) is 13.8. The number of hydrogen-bond acceptors (Lipinski definition) is 3. The molecule has 3 heteroatoms. The minimum absolute atomic E-state index is 0.790. The number of nitrogens with zero attached hydrogens (tertiary/aromatic N) is 1. The summed E-state index contributed by atoms with van der Waals surface area (Å²) in [5.74, 6) is 0.967. The zero-order valence-electron chi connectivity index (χ0n) is 13.0. The summed E-state index contributed by atoms with van der Waals surface area (Å²) in [7, 11) is 0. The second-order valence-corrected chi connectivity index (χ2v) is 6.27. The van der Waals surface area contributed by atoms with Crippen molar-refractivity contribution in [2.75, 3.05) is 13.2 Å². The molecule has 114 valence electrons. The van der Waals surface area contributed by atoms with Crippen molar-refractivity contribution in [2.24, 2.45) is 4.99 Å². The second-order valence-electron chi connectivity index (χ2n) is 5.49. The number of unbranched alkanes of at least 4 members (excludes halogenated alkanes) is 1. The van der Waals surface area contributed by atoms with Crippen LogP contribution in [0, 0.1) is 0 Å². The van der Waals surface area contributed by atoms with E-state index in [1.54, 1.807) is 11.3 Å². The van der Waals surface area contributed by atoms with E-state index in [-0.39, 0.29) is 0 Å². The summed E-state index contributed by atoms with van der Waals surface area (Å²) in [6, 6.07) is 8.45. The van der Waals surface area contributed by atoms with Crippen LogP contribution in [0.5, 0.6) is 5.75 Å². The second kappa shape index (κ2) is 6.93. The van der Waals surface area contributed by atoms with E-state index in [0.717, 1.165) is 49.4 Å². The fourth-order valence-electron chi connectivity index (χ4n) is 2.64. The monoisotopic (exact) mass is 311 g/mol. The molecule has 1 aromatic carbocycles. The Balaban J connectivity index is 1.83. The van der Waals surface area contributed by atoms with Gasteiger partial charge in [0, 0.05) is 17.7 Å². The molecular weight excluding hydrogens is 290 g/mol. The minimum atomic E-state index is 0.790. The molecule has 2 aromatic rings. The van der Waals surface area contributed by atoms with Gasteiger partial charge in [0.15, 0.2) is 0 Å². The number of ether oxygens (including phenoxy) is 1. The highest BCUT2D eigenvalue weighted by Gasteiger charge is 2.18. The van der Waals surface area contributed by atoms with Crippen molar-refractivity contribution < 1.29 is 4.74 Å². The maximum absolute atomic E-state index is 5.82. The van der Waals surface area contributed by atoms with Crippen LogP contribution in [0.1, 0.15) is 36.5 Å². The third kappa shape index (κ3) is 3.14. The first-order chi connectivity index (χ1) is 10.8. The Labute approximate surface area is 136 Å². The Morgan fingerprint density at radius 1 is 1.36 bits per heavy atom. The van der Waals surface area contributed by atoms with E-state index in [0.29, 0.717) is 0 Å². The van der Waals surface area contributed by atoms with Gasteiger partial charge in [-0.25, -0.2) is 0 Å². The lowest BCUT2D eigenvalue weighted by molar-refractivity contribution is 0.309. The summed E-state index contributed by atoms with van der Waals surface area (Å²) in [4.78, 5) is 4.71. The SMILES string of the molecule is C=C(C1=NCCc2cc(OCCCC)ccc21)c1ccsc1. The number of rotatable bonds is 6. The first-order valence-electron chi connectivity index (χ1n) is 7.82. The van der Waals surface area contributed by atoms with Crippen LogP contribution >= 0.6 is 11.3 Å². The number of benzene rings is 1. The van der Waals surface area contributed by atoms with E-state index in [4.69, 9.17) is 9.73 Å². The van der Waals surface area contributed by atoms with Crippen LogP contribution in [-0.4, -0.2) is 18.9 Å². The third-order valence-corrected chi connectivity index (χ3v) is 4.59. The summed E-state index contributed by atoms with van der Waals surface area (Å²) in [6.45, 7) is 8.04. The lowest BCUT2D eigenvalue weighted by Gasteiger charge is -2.19. The maximum Gasteiger partial charge on any atom is 0.119 e. The molecule has 2 nitrogen and oxygen atoms in total. The molecule has 0 bridgehead atoms. The van der Waals surface area contributed by atoms with Gasteiger partial charge in [-0.3, -0.25) is 4.99 Å². The molecule has 0 aliphatic carbocycles. The van der Waals surface area contributed by atoms with Crippen LogP contribution in [0.3, 0.4) is 0 Å². The van der Waals surface area contributed by atoms with Crippen molar-refractivity contribution in [3.05, 3.63) is 58.3 Å². The molecule has 0 N–H and O–H groups in total. The van der Waals surface area contributed by atoms with Crippen LogP contribution in [0.15, 0.2) is 46.6 Å². The van der Waals surface area contributed by atoms with E-state index >= 15 is 0 Å². The predicted octanol–water partition coefficient (Wildman–Crippen LogP) is 4.99. The largest absolute Gasteiger partial charge is 0.494 e. The van der Waals surface area contributed by atoms with Crippen molar-refractivity contribution in [2.45, 2.75) is 26.2 Å². The van der Waals surface area contributed by atoms with Crippen LogP contribution < -0.4 is 4.74 Å². The summed E-state index contributed by atoms with van der Waals surface area (Å²) in [5.41, 5.74) is 5.72. The highest BCUT2D eigenvalue weighted by Crippen LogP contribution is 2.28. The molecule has 1 aliphatic rings. The van der Waals surface area contributed by atoms with Crippen LogP contribution in [0.2, 0.25) is 0 Å². The van der Waals surface area contributed by atoms with Gasteiger partial charge >= 0.3 is 0 Å². The predicted molar refractivity (Wildman–Crippen MR) is 95.3 cm³/mol.